The van der Waals surface area contributed by atoms with Crippen molar-refractivity contribution in [3.05, 3.63) is 90.0 Å². The number of nitrogens with zero attached hydrogens (tertiary/aromatic N) is 1. The molecule has 0 unspecified atom stereocenters. The number of hydrogen-bond acceptors (Lipinski definition) is 4. The third-order valence-electron chi connectivity index (χ3n) is 5.52. The number of hydrogen-bond donors (Lipinski definition) is 1. The maximum Gasteiger partial charge on any atom is 0.262 e. The number of anilines is 1. The van der Waals surface area contributed by atoms with Gasteiger partial charge in [-0.3, -0.25) is 9.59 Å². The van der Waals surface area contributed by atoms with Crippen molar-refractivity contribution in [2.75, 3.05) is 25.0 Å². The van der Waals surface area contributed by atoms with E-state index in [1.54, 1.807) is 30.3 Å². The van der Waals surface area contributed by atoms with Crippen LogP contribution in [0.2, 0.25) is 0 Å². The van der Waals surface area contributed by atoms with E-state index in [1.807, 2.05) is 53.4 Å². The largest absolute Gasteiger partial charge is 0.489 e. The van der Waals surface area contributed by atoms with Gasteiger partial charge in [-0.2, -0.15) is 0 Å². The summed E-state index contributed by atoms with van der Waals surface area (Å²) in [7, 11) is 0. The van der Waals surface area contributed by atoms with Gasteiger partial charge in [0.1, 0.15) is 18.1 Å². The van der Waals surface area contributed by atoms with Crippen molar-refractivity contribution in [1.82, 2.24) is 4.90 Å². The zero-order valence-corrected chi connectivity index (χ0v) is 18.5. The van der Waals surface area contributed by atoms with E-state index in [4.69, 9.17) is 9.47 Å². The highest BCUT2D eigenvalue weighted by molar-refractivity contribution is 6.04. The van der Waals surface area contributed by atoms with E-state index in [0.29, 0.717) is 23.6 Å². The molecule has 6 nitrogen and oxygen atoms in total. The van der Waals surface area contributed by atoms with Gasteiger partial charge in [-0.1, -0.05) is 42.5 Å². The van der Waals surface area contributed by atoms with Crippen LogP contribution >= 0.6 is 0 Å². The SMILES string of the molecule is O=C(COc1ccc(OCc2ccccc2)cc1)Nc1ccccc1C(=O)N1CCCCC1. The maximum atomic E-state index is 12.9. The van der Waals surface area contributed by atoms with Crippen LogP contribution in [0.25, 0.3) is 0 Å². The Kier molecular flexibility index (Phi) is 7.59. The van der Waals surface area contributed by atoms with Crippen LogP contribution in [0.1, 0.15) is 35.2 Å². The van der Waals surface area contributed by atoms with Gasteiger partial charge >= 0.3 is 0 Å². The average molecular weight is 445 g/mol. The highest BCUT2D eigenvalue weighted by atomic mass is 16.5. The molecular formula is C27H28N2O4. The first kappa shape index (κ1) is 22.4. The van der Waals surface area contributed by atoms with E-state index >= 15 is 0 Å². The average Bonchev–Trinajstić information content (AvgIpc) is 2.88. The van der Waals surface area contributed by atoms with Gasteiger partial charge in [0.25, 0.3) is 11.8 Å². The molecule has 33 heavy (non-hydrogen) atoms. The summed E-state index contributed by atoms with van der Waals surface area (Å²) in [6, 6.07) is 24.2. The Labute approximate surface area is 194 Å². The monoisotopic (exact) mass is 444 g/mol. The molecule has 1 aliphatic heterocycles. The predicted molar refractivity (Wildman–Crippen MR) is 128 cm³/mol. The van der Waals surface area contributed by atoms with Crippen molar-refractivity contribution in [1.29, 1.82) is 0 Å². The summed E-state index contributed by atoms with van der Waals surface area (Å²) in [5.41, 5.74) is 2.10. The van der Waals surface area contributed by atoms with Crippen LogP contribution in [0.3, 0.4) is 0 Å². The third-order valence-corrected chi connectivity index (χ3v) is 5.52. The van der Waals surface area contributed by atoms with Gasteiger partial charge in [0, 0.05) is 13.1 Å². The van der Waals surface area contributed by atoms with Crippen LogP contribution in [0.15, 0.2) is 78.9 Å². The Hall–Kier alpha value is -3.80. The number of nitrogens with one attached hydrogen (secondary N) is 1. The molecule has 6 heteroatoms. The maximum absolute atomic E-state index is 12.9. The lowest BCUT2D eigenvalue weighted by atomic mass is 10.1. The molecule has 0 aliphatic carbocycles. The van der Waals surface area contributed by atoms with E-state index in [1.165, 1.54) is 0 Å². The Morgan fingerprint density at radius 2 is 1.39 bits per heavy atom. The van der Waals surface area contributed by atoms with Crippen molar-refractivity contribution in [2.24, 2.45) is 0 Å². The lowest BCUT2D eigenvalue weighted by Gasteiger charge is -2.27. The number of piperidine rings is 1. The van der Waals surface area contributed by atoms with Crippen LogP contribution in [0.5, 0.6) is 11.5 Å². The smallest absolute Gasteiger partial charge is 0.262 e. The quantitative estimate of drug-likeness (QED) is 0.536. The van der Waals surface area contributed by atoms with Crippen molar-refractivity contribution in [3.8, 4) is 11.5 Å². The van der Waals surface area contributed by atoms with Gasteiger partial charge in [0.15, 0.2) is 6.61 Å². The molecule has 0 saturated carbocycles. The molecule has 1 N–H and O–H groups in total. The zero-order valence-electron chi connectivity index (χ0n) is 18.5. The fourth-order valence-electron chi connectivity index (χ4n) is 3.75. The van der Waals surface area contributed by atoms with Crippen LogP contribution in [-0.4, -0.2) is 36.4 Å². The second kappa shape index (κ2) is 11.2. The second-order valence-corrected chi connectivity index (χ2v) is 7.98. The molecule has 1 saturated heterocycles. The van der Waals surface area contributed by atoms with Crippen LogP contribution in [0.4, 0.5) is 5.69 Å². The van der Waals surface area contributed by atoms with Crippen molar-refractivity contribution in [2.45, 2.75) is 25.9 Å². The molecule has 1 heterocycles. The number of likely N-dealkylation sites (tertiary alicyclic amines) is 1. The number of amides is 2. The minimum absolute atomic E-state index is 0.0439. The number of rotatable bonds is 8. The normalized spacial score (nSPS) is 13.3. The molecule has 1 fully saturated rings. The highest BCUT2D eigenvalue weighted by Crippen LogP contribution is 2.21. The fourth-order valence-corrected chi connectivity index (χ4v) is 3.75. The van der Waals surface area contributed by atoms with E-state index < -0.39 is 0 Å². The van der Waals surface area contributed by atoms with E-state index in [0.717, 1.165) is 43.7 Å². The zero-order chi connectivity index (χ0) is 22.9. The van der Waals surface area contributed by atoms with Gasteiger partial charge in [-0.05, 0) is 61.2 Å². The summed E-state index contributed by atoms with van der Waals surface area (Å²) >= 11 is 0. The molecule has 0 spiro atoms. The first-order chi connectivity index (χ1) is 16.2. The molecule has 1 aliphatic rings. The summed E-state index contributed by atoms with van der Waals surface area (Å²) in [6.07, 6.45) is 3.19. The molecule has 2 amide bonds. The van der Waals surface area contributed by atoms with Gasteiger partial charge in [0.05, 0.1) is 11.3 Å². The van der Waals surface area contributed by atoms with Crippen LogP contribution in [0, 0.1) is 0 Å². The highest BCUT2D eigenvalue weighted by Gasteiger charge is 2.21. The Balaban J connectivity index is 1.28. The van der Waals surface area contributed by atoms with E-state index in [2.05, 4.69) is 5.32 Å². The van der Waals surface area contributed by atoms with E-state index in [-0.39, 0.29) is 18.4 Å². The molecular weight excluding hydrogens is 416 g/mol. The first-order valence-electron chi connectivity index (χ1n) is 11.3. The first-order valence-corrected chi connectivity index (χ1v) is 11.3. The summed E-state index contributed by atoms with van der Waals surface area (Å²) in [5.74, 6) is 0.923. The summed E-state index contributed by atoms with van der Waals surface area (Å²) in [5, 5.41) is 2.81. The number of ether oxygens (including phenoxy) is 2. The summed E-state index contributed by atoms with van der Waals surface area (Å²) in [6.45, 7) is 1.85. The second-order valence-electron chi connectivity index (χ2n) is 7.98. The Morgan fingerprint density at radius 1 is 0.758 bits per heavy atom. The molecule has 0 bridgehead atoms. The van der Waals surface area contributed by atoms with Crippen molar-refractivity contribution < 1.29 is 19.1 Å². The lowest BCUT2D eigenvalue weighted by molar-refractivity contribution is -0.118. The number of benzene rings is 3. The summed E-state index contributed by atoms with van der Waals surface area (Å²) in [4.78, 5) is 27.2. The van der Waals surface area contributed by atoms with Gasteiger partial charge in [-0.15, -0.1) is 0 Å². The lowest BCUT2D eigenvalue weighted by Crippen LogP contribution is -2.36. The van der Waals surface area contributed by atoms with E-state index in [9.17, 15) is 9.59 Å². The standard InChI is InChI=1S/C27H28N2O4/c30-26(28-25-12-6-5-11-24(25)27(31)29-17-7-2-8-18-29)20-33-23-15-13-22(14-16-23)32-19-21-9-3-1-4-10-21/h1,3-6,9-16H,2,7-8,17-20H2,(H,28,30). The number of carbonyl (C=O) groups excluding carboxylic acids is 2. The topological polar surface area (TPSA) is 67.9 Å². The van der Waals surface area contributed by atoms with Gasteiger partial charge in [0.2, 0.25) is 0 Å². The summed E-state index contributed by atoms with van der Waals surface area (Å²) < 4.78 is 11.4. The molecule has 0 radical (unpaired) electrons. The molecule has 3 aromatic rings. The van der Waals surface area contributed by atoms with Crippen LogP contribution in [-0.2, 0) is 11.4 Å². The third kappa shape index (κ3) is 6.35. The number of carbonyl (C=O) groups is 2. The van der Waals surface area contributed by atoms with Crippen molar-refractivity contribution >= 4 is 17.5 Å². The van der Waals surface area contributed by atoms with Gasteiger partial charge < -0.3 is 19.7 Å². The Morgan fingerprint density at radius 3 is 2.12 bits per heavy atom. The molecule has 0 atom stereocenters. The van der Waals surface area contributed by atoms with Gasteiger partial charge in [-0.25, -0.2) is 0 Å². The molecule has 4 rings (SSSR count). The molecule has 170 valence electrons. The Bertz CT molecular complexity index is 1060. The number of para-hydroxylation sites is 1. The minimum atomic E-state index is -0.321. The predicted octanol–water partition coefficient (Wildman–Crippen LogP) is 4.91. The fraction of sp³-hybridized carbons (Fsp3) is 0.259. The molecule has 3 aromatic carbocycles. The van der Waals surface area contributed by atoms with Crippen molar-refractivity contribution in [3.63, 3.8) is 0 Å². The molecule has 0 aromatic heterocycles. The minimum Gasteiger partial charge on any atom is -0.489 e. The van der Waals surface area contributed by atoms with Crippen LogP contribution < -0.4 is 14.8 Å².